The van der Waals surface area contributed by atoms with Gasteiger partial charge in [-0.15, -0.1) is 0 Å². The summed E-state index contributed by atoms with van der Waals surface area (Å²) in [6.45, 7) is 3.55. The summed E-state index contributed by atoms with van der Waals surface area (Å²) in [7, 11) is 0. The van der Waals surface area contributed by atoms with Crippen molar-refractivity contribution in [3.05, 3.63) is 82.2 Å². The first-order valence-corrected chi connectivity index (χ1v) is 12.1. The van der Waals surface area contributed by atoms with Gasteiger partial charge in [-0.1, -0.05) is 43.7 Å². The molecule has 0 radical (unpaired) electrons. The van der Waals surface area contributed by atoms with Gasteiger partial charge in [0.25, 0.3) is 0 Å². The van der Waals surface area contributed by atoms with Crippen LogP contribution in [-0.4, -0.2) is 19.5 Å². The highest BCUT2D eigenvalue weighted by Crippen LogP contribution is 2.34. The lowest BCUT2D eigenvalue weighted by Gasteiger charge is -2.29. The van der Waals surface area contributed by atoms with Crippen LogP contribution in [0.1, 0.15) is 48.4 Å². The number of aryl methyl sites for hydroxylation is 3. The van der Waals surface area contributed by atoms with Crippen LogP contribution in [0.4, 0.5) is 26.3 Å². The molecule has 36 heavy (non-hydrogen) atoms. The van der Waals surface area contributed by atoms with Gasteiger partial charge >= 0.3 is 6.18 Å². The van der Waals surface area contributed by atoms with E-state index in [4.69, 9.17) is 9.47 Å². The van der Waals surface area contributed by atoms with Gasteiger partial charge in [-0.25, -0.2) is 13.2 Å². The van der Waals surface area contributed by atoms with Crippen molar-refractivity contribution >= 4 is 10.8 Å². The molecule has 0 saturated carbocycles. The maximum absolute atomic E-state index is 15.1. The zero-order valence-corrected chi connectivity index (χ0v) is 19.9. The van der Waals surface area contributed by atoms with E-state index >= 15 is 4.39 Å². The van der Waals surface area contributed by atoms with E-state index < -0.39 is 29.2 Å². The van der Waals surface area contributed by atoms with Crippen molar-refractivity contribution < 1.29 is 35.8 Å². The number of halogens is 6. The maximum Gasteiger partial charge on any atom is 0.422 e. The molecule has 0 amide bonds. The fraction of sp³-hybridized carbons (Fsp3) is 0.429. The van der Waals surface area contributed by atoms with Gasteiger partial charge in [0, 0.05) is 17.7 Å². The van der Waals surface area contributed by atoms with E-state index in [1.54, 1.807) is 18.2 Å². The number of hydrogen-bond acceptors (Lipinski definition) is 2. The van der Waals surface area contributed by atoms with Crippen LogP contribution in [0, 0.1) is 23.4 Å². The summed E-state index contributed by atoms with van der Waals surface area (Å²) < 4.78 is 92.7. The van der Waals surface area contributed by atoms with Gasteiger partial charge in [0.2, 0.25) is 0 Å². The van der Waals surface area contributed by atoms with Crippen LogP contribution in [0.5, 0.6) is 0 Å². The highest BCUT2D eigenvalue weighted by atomic mass is 19.4. The Kier molecular flexibility index (Phi) is 8.25. The molecule has 0 N–H and O–H groups in total. The Morgan fingerprint density at radius 2 is 1.50 bits per heavy atom. The SMILES string of the molecule is CCCC1COC(CCc2ccc3c(F)c(CCc4cc(F)c(C(F)(F)F)c(F)c4)ccc3c2)OC1. The number of rotatable bonds is 8. The zero-order chi connectivity index (χ0) is 25.9. The minimum absolute atomic E-state index is 0.00696. The van der Waals surface area contributed by atoms with Crippen LogP contribution in [-0.2, 0) is 34.9 Å². The average molecular weight is 511 g/mol. The van der Waals surface area contributed by atoms with Crippen LogP contribution in [0.15, 0.2) is 42.5 Å². The van der Waals surface area contributed by atoms with Crippen LogP contribution >= 0.6 is 0 Å². The second-order valence-electron chi connectivity index (χ2n) is 9.32. The monoisotopic (exact) mass is 510 g/mol. The number of hydrogen-bond donors (Lipinski definition) is 0. The Bertz CT molecular complexity index is 1180. The van der Waals surface area contributed by atoms with E-state index in [0.717, 1.165) is 18.4 Å². The number of ether oxygens (including phenoxy) is 2. The number of fused-ring (bicyclic) bond motifs is 1. The Morgan fingerprint density at radius 1 is 0.806 bits per heavy atom. The minimum Gasteiger partial charge on any atom is -0.352 e. The molecule has 0 bridgehead atoms. The van der Waals surface area contributed by atoms with Crippen molar-refractivity contribution in [2.75, 3.05) is 13.2 Å². The molecular formula is C28H28F6O2. The number of benzene rings is 3. The van der Waals surface area contributed by atoms with Crippen molar-refractivity contribution in [3.8, 4) is 0 Å². The molecule has 1 heterocycles. The summed E-state index contributed by atoms with van der Waals surface area (Å²) in [5.41, 5.74) is -0.544. The van der Waals surface area contributed by atoms with Crippen LogP contribution < -0.4 is 0 Å². The summed E-state index contributed by atoms with van der Waals surface area (Å²) in [5, 5.41) is 1.13. The van der Waals surface area contributed by atoms with Crippen molar-refractivity contribution in [1.29, 1.82) is 0 Å². The zero-order valence-electron chi connectivity index (χ0n) is 19.9. The summed E-state index contributed by atoms with van der Waals surface area (Å²) in [4.78, 5) is 0. The largest absolute Gasteiger partial charge is 0.422 e. The molecule has 0 aliphatic carbocycles. The first kappa shape index (κ1) is 26.5. The second kappa shape index (κ2) is 11.2. The molecule has 8 heteroatoms. The summed E-state index contributed by atoms with van der Waals surface area (Å²) in [5.74, 6) is -3.35. The number of alkyl halides is 3. The lowest BCUT2D eigenvalue weighted by atomic mass is 9.97. The molecule has 0 spiro atoms. The van der Waals surface area contributed by atoms with E-state index in [1.807, 2.05) is 12.1 Å². The van der Waals surface area contributed by atoms with Crippen LogP contribution in [0.2, 0.25) is 0 Å². The highest BCUT2D eigenvalue weighted by molar-refractivity contribution is 5.84. The highest BCUT2D eigenvalue weighted by Gasteiger charge is 2.37. The maximum atomic E-state index is 15.1. The van der Waals surface area contributed by atoms with Crippen molar-refractivity contribution in [3.63, 3.8) is 0 Å². The van der Waals surface area contributed by atoms with Crippen LogP contribution in [0.25, 0.3) is 10.8 Å². The molecule has 1 saturated heterocycles. The summed E-state index contributed by atoms with van der Waals surface area (Å²) in [6.07, 6.45) is -1.68. The molecule has 1 aliphatic heterocycles. The molecular weight excluding hydrogens is 482 g/mol. The van der Waals surface area contributed by atoms with E-state index in [-0.39, 0.29) is 24.7 Å². The third-order valence-electron chi connectivity index (χ3n) is 6.57. The lowest BCUT2D eigenvalue weighted by molar-refractivity contribution is -0.203. The van der Waals surface area contributed by atoms with Gasteiger partial charge in [-0.3, -0.25) is 0 Å². The molecule has 3 aromatic carbocycles. The van der Waals surface area contributed by atoms with Gasteiger partial charge < -0.3 is 9.47 Å². The van der Waals surface area contributed by atoms with Crippen molar-refractivity contribution in [2.45, 2.75) is 57.9 Å². The van der Waals surface area contributed by atoms with Crippen molar-refractivity contribution in [2.24, 2.45) is 5.92 Å². The fourth-order valence-electron chi connectivity index (χ4n) is 4.66. The summed E-state index contributed by atoms with van der Waals surface area (Å²) in [6, 6.07) is 10.1. The van der Waals surface area contributed by atoms with Gasteiger partial charge in [0.15, 0.2) is 6.29 Å². The first-order valence-electron chi connectivity index (χ1n) is 12.1. The van der Waals surface area contributed by atoms with E-state index in [1.165, 1.54) is 0 Å². The standard InChI is InChI=1S/C28H28F6O2/c1-2-3-19-15-35-25(36-16-19)11-6-17-5-10-22-21(12-17)9-8-20(27(22)31)7-4-18-13-23(29)26(24(30)14-18)28(32,33)34/h5,8-10,12-14,19,25H,2-4,6-7,11,15-16H2,1H3. The molecule has 0 unspecified atom stereocenters. The predicted molar refractivity (Wildman–Crippen MR) is 125 cm³/mol. The molecule has 1 fully saturated rings. The van der Waals surface area contributed by atoms with Crippen molar-refractivity contribution in [1.82, 2.24) is 0 Å². The summed E-state index contributed by atoms with van der Waals surface area (Å²) >= 11 is 0. The van der Waals surface area contributed by atoms with Gasteiger partial charge in [-0.05, 0) is 59.9 Å². The van der Waals surface area contributed by atoms with Gasteiger partial charge in [-0.2, -0.15) is 13.2 Å². The van der Waals surface area contributed by atoms with E-state index in [2.05, 4.69) is 6.92 Å². The topological polar surface area (TPSA) is 18.5 Å². The Morgan fingerprint density at radius 3 is 2.14 bits per heavy atom. The third kappa shape index (κ3) is 6.21. The Labute approximate surface area is 206 Å². The quantitative estimate of drug-likeness (QED) is 0.288. The average Bonchev–Trinajstić information content (AvgIpc) is 2.82. The molecule has 4 rings (SSSR count). The normalized spacial score (nSPS) is 18.6. The Hall–Kier alpha value is -2.58. The predicted octanol–water partition coefficient (Wildman–Crippen LogP) is 7.78. The van der Waals surface area contributed by atoms with E-state index in [0.29, 0.717) is 60.4 Å². The first-order chi connectivity index (χ1) is 17.2. The molecule has 3 aromatic rings. The molecule has 194 valence electrons. The molecule has 1 aliphatic rings. The van der Waals surface area contributed by atoms with E-state index in [9.17, 15) is 22.0 Å². The lowest BCUT2D eigenvalue weighted by Crippen LogP contribution is -2.32. The molecule has 0 atom stereocenters. The third-order valence-corrected chi connectivity index (χ3v) is 6.57. The fourth-order valence-corrected chi connectivity index (χ4v) is 4.66. The van der Waals surface area contributed by atoms with Crippen LogP contribution in [0.3, 0.4) is 0 Å². The van der Waals surface area contributed by atoms with Gasteiger partial charge in [0.1, 0.15) is 23.0 Å². The second-order valence-corrected chi connectivity index (χ2v) is 9.32. The smallest absolute Gasteiger partial charge is 0.352 e. The Balaban J connectivity index is 1.39. The molecule has 2 nitrogen and oxygen atoms in total. The minimum atomic E-state index is -5.12. The van der Waals surface area contributed by atoms with Gasteiger partial charge in [0.05, 0.1) is 13.2 Å². The molecule has 0 aromatic heterocycles.